The standard InChI is InChI=1S/C16H35N3O2/c1-5-17-16(18-10-7-8-12-20-6-2)19-11-14-21-13-9-15(3)4/h15H,5-14H2,1-4H3,(H2,17,18,19). The average molecular weight is 301 g/mol. The van der Waals surface area contributed by atoms with Gasteiger partial charge in [0.2, 0.25) is 0 Å². The maximum atomic E-state index is 5.58. The summed E-state index contributed by atoms with van der Waals surface area (Å²) in [6.07, 6.45) is 3.24. The minimum absolute atomic E-state index is 0.702. The van der Waals surface area contributed by atoms with Crippen molar-refractivity contribution in [1.29, 1.82) is 0 Å². The zero-order chi connectivity index (χ0) is 15.8. The Balaban J connectivity index is 3.65. The van der Waals surface area contributed by atoms with Crippen LogP contribution >= 0.6 is 0 Å². The number of unbranched alkanes of at least 4 members (excludes halogenated alkanes) is 1. The summed E-state index contributed by atoms with van der Waals surface area (Å²) >= 11 is 0. The lowest BCUT2D eigenvalue weighted by molar-refractivity contribution is 0.128. The Kier molecular flexibility index (Phi) is 15.0. The summed E-state index contributed by atoms with van der Waals surface area (Å²) in [5.74, 6) is 1.58. The van der Waals surface area contributed by atoms with Gasteiger partial charge >= 0.3 is 0 Å². The van der Waals surface area contributed by atoms with Crippen LogP contribution in [0.25, 0.3) is 0 Å². The summed E-state index contributed by atoms with van der Waals surface area (Å²) in [4.78, 5) is 4.54. The lowest BCUT2D eigenvalue weighted by Gasteiger charge is -2.12. The monoisotopic (exact) mass is 301 g/mol. The fourth-order valence-corrected chi connectivity index (χ4v) is 1.66. The van der Waals surface area contributed by atoms with Crippen molar-refractivity contribution in [1.82, 2.24) is 10.6 Å². The molecule has 0 bridgehead atoms. The van der Waals surface area contributed by atoms with E-state index in [2.05, 4.69) is 36.4 Å². The van der Waals surface area contributed by atoms with Crippen LogP contribution in [0.5, 0.6) is 0 Å². The molecule has 0 aliphatic heterocycles. The van der Waals surface area contributed by atoms with Gasteiger partial charge in [0.05, 0.1) is 6.61 Å². The molecule has 0 fully saturated rings. The molecule has 0 rings (SSSR count). The molecule has 2 N–H and O–H groups in total. The fourth-order valence-electron chi connectivity index (χ4n) is 1.66. The first-order valence-corrected chi connectivity index (χ1v) is 8.38. The summed E-state index contributed by atoms with van der Waals surface area (Å²) in [6, 6.07) is 0. The molecule has 0 aromatic heterocycles. The number of guanidine groups is 1. The molecule has 0 radical (unpaired) electrons. The topological polar surface area (TPSA) is 54.9 Å². The van der Waals surface area contributed by atoms with Gasteiger partial charge < -0.3 is 20.1 Å². The Bertz CT molecular complexity index is 246. The number of hydrogen-bond donors (Lipinski definition) is 2. The van der Waals surface area contributed by atoms with Crippen LogP contribution in [-0.2, 0) is 9.47 Å². The highest BCUT2D eigenvalue weighted by molar-refractivity contribution is 5.79. The van der Waals surface area contributed by atoms with Crippen LogP contribution in [0.1, 0.15) is 47.0 Å². The van der Waals surface area contributed by atoms with Gasteiger partial charge in [0, 0.05) is 39.5 Å². The molecule has 21 heavy (non-hydrogen) atoms. The molecule has 0 spiro atoms. The third kappa shape index (κ3) is 15.4. The predicted molar refractivity (Wildman–Crippen MR) is 90.0 cm³/mol. The van der Waals surface area contributed by atoms with E-state index >= 15 is 0 Å². The van der Waals surface area contributed by atoms with Crippen molar-refractivity contribution in [2.75, 3.05) is 46.1 Å². The first-order valence-electron chi connectivity index (χ1n) is 8.38. The lowest BCUT2D eigenvalue weighted by Crippen LogP contribution is -2.39. The minimum atomic E-state index is 0.702. The molecule has 0 aliphatic carbocycles. The summed E-state index contributed by atoms with van der Waals surface area (Å²) < 4.78 is 10.9. The zero-order valence-electron chi connectivity index (χ0n) is 14.4. The van der Waals surface area contributed by atoms with Crippen molar-refractivity contribution in [2.24, 2.45) is 10.9 Å². The molecule has 0 aromatic carbocycles. The highest BCUT2D eigenvalue weighted by atomic mass is 16.5. The van der Waals surface area contributed by atoms with Gasteiger partial charge in [0.15, 0.2) is 5.96 Å². The molecule has 5 nitrogen and oxygen atoms in total. The van der Waals surface area contributed by atoms with Crippen molar-refractivity contribution < 1.29 is 9.47 Å². The third-order valence-electron chi connectivity index (χ3n) is 2.89. The van der Waals surface area contributed by atoms with Crippen molar-refractivity contribution in [3.05, 3.63) is 0 Å². The SMILES string of the molecule is CCNC(=NCCCCOCC)NCCOCCC(C)C. The Morgan fingerprint density at radius 2 is 1.81 bits per heavy atom. The number of rotatable bonds is 13. The van der Waals surface area contributed by atoms with E-state index in [-0.39, 0.29) is 0 Å². The first-order chi connectivity index (χ1) is 10.2. The second kappa shape index (κ2) is 15.6. The first kappa shape index (κ1) is 20.2. The Hall–Kier alpha value is -0.810. The van der Waals surface area contributed by atoms with Crippen molar-refractivity contribution in [2.45, 2.75) is 47.0 Å². The second-order valence-electron chi connectivity index (χ2n) is 5.39. The maximum absolute atomic E-state index is 5.58. The zero-order valence-corrected chi connectivity index (χ0v) is 14.4. The molecule has 0 aromatic rings. The summed E-state index contributed by atoms with van der Waals surface area (Å²) in [5.41, 5.74) is 0. The molecule has 0 saturated carbocycles. The third-order valence-corrected chi connectivity index (χ3v) is 2.89. The molecule has 5 heteroatoms. The molecule has 0 saturated heterocycles. The smallest absolute Gasteiger partial charge is 0.191 e. The number of hydrogen-bond acceptors (Lipinski definition) is 3. The molecule has 0 amide bonds. The number of ether oxygens (including phenoxy) is 2. The van der Waals surface area contributed by atoms with Crippen LogP contribution in [0.4, 0.5) is 0 Å². The number of nitrogens with one attached hydrogen (secondary N) is 2. The highest BCUT2D eigenvalue weighted by Crippen LogP contribution is 1.98. The lowest BCUT2D eigenvalue weighted by atomic mass is 10.1. The molecule has 0 aliphatic rings. The van der Waals surface area contributed by atoms with Crippen LogP contribution in [0, 0.1) is 5.92 Å². The van der Waals surface area contributed by atoms with Gasteiger partial charge in [-0.1, -0.05) is 13.8 Å². The van der Waals surface area contributed by atoms with Gasteiger partial charge in [-0.3, -0.25) is 4.99 Å². The van der Waals surface area contributed by atoms with E-state index in [9.17, 15) is 0 Å². The van der Waals surface area contributed by atoms with Gasteiger partial charge in [-0.25, -0.2) is 0 Å². The fraction of sp³-hybridized carbons (Fsp3) is 0.938. The van der Waals surface area contributed by atoms with Gasteiger partial charge in [-0.2, -0.15) is 0 Å². The Morgan fingerprint density at radius 1 is 1.00 bits per heavy atom. The van der Waals surface area contributed by atoms with E-state index in [1.54, 1.807) is 0 Å². The van der Waals surface area contributed by atoms with E-state index in [0.717, 1.165) is 71.3 Å². The van der Waals surface area contributed by atoms with Crippen molar-refractivity contribution in [3.63, 3.8) is 0 Å². The summed E-state index contributed by atoms with van der Waals surface area (Å²) in [7, 11) is 0. The predicted octanol–water partition coefficient (Wildman–Crippen LogP) is 2.42. The van der Waals surface area contributed by atoms with Gasteiger partial charge in [0.25, 0.3) is 0 Å². The average Bonchev–Trinajstić information content (AvgIpc) is 2.45. The molecular weight excluding hydrogens is 266 g/mol. The molecule has 0 heterocycles. The number of aliphatic imine (C=N–C) groups is 1. The summed E-state index contributed by atoms with van der Waals surface area (Å²) in [6.45, 7) is 14.2. The highest BCUT2D eigenvalue weighted by Gasteiger charge is 1.97. The summed E-state index contributed by atoms with van der Waals surface area (Å²) in [5, 5.41) is 6.54. The molecule has 0 atom stereocenters. The van der Waals surface area contributed by atoms with Crippen LogP contribution in [0.15, 0.2) is 4.99 Å². The largest absolute Gasteiger partial charge is 0.382 e. The van der Waals surface area contributed by atoms with E-state index in [1.807, 2.05) is 6.92 Å². The second-order valence-corrected chi connectivity index (χ2v) is 5.39. The van der Waals surface area contributed by atoms with Gasteiger partial charge in [-0.15, -0.1) is 0 Å². The molecular formula is C16H35N3O2. The quantitative estimate of drug-likeness (QED) is 0.312. The van der Waals surface area contributed by atoms with Crippen molar-refractivity contribution in [3.8, 4) is 0 Å². The molecule has 0 unspecified atom stereocenters. The maximum Gasteiger partial charge on any atom is 0.191 e. The Morgan fingerprint density at radius 3 is 2.48 bits per heavy atom. The number of nitrogens with zero attached hydrogens (tertiary/aromatic N) is 1. The van der Waals surface area contributed by atoms with E-state index < -0.39 is 0 Å². The normalized spacial score (nSPS) is 12.0. The van der Waals surface area contributed by atoms with Crippen LogP contribution in [0.2, 0.25) is 0 Å². The van der Waals surface area contributed by atoms with Crippen molar-refractivity contribution >= 4 is 5.96 Å². The van der Waals surface area contributed by atoms with E-state index in [1.165, 1.54) is 0 Å². The minimum Gasteiger partial charge on any atom is -0.382 e. The van der Waals surface area contributed by atoms with E-state index in [0.29, 0.717) is 5.92 Å². The van der Waals surface area contributed by atoms with E-state index in [4.69, 9.17) is 9.47 Å². The van der Waals surface area contributed by atoms with Gasteiger partial charge in [-0.05, 0) is 39.0 Å². The van der Waals surface area contributed by atoms with Crippen LogP contribution in [0.3, 0.4) is 0 Å². The van der Waals surface area contributed by atoms with Gasteiger partial charge in [0.1, 0.15) is 0 Å². The molecule has 126 valence electrons. The Labute approximate surface area is 130 Å². The van der Waals surface area contributed by atoms with Crippen LogP contribution < -0.4 is 10.6 Å². The van der Waals surface area contributed by atoms with Crippen LogP contribution in [-0.4, -0.2) is 52.0 Å².